The number of carbonyl (C=O) groups is 1. The minimum absolute atomic E-state index is 0.0525. The zero-order valence-corrected chi connectivity index (χ0v) is 9.76. The molecule has 5 nitrogen and oxygen atoms in total. The Morgan fingerprint density at radius 1 is 1.53 bits per heavy atom. The average Bonchev–Trinajstić information content (AvgIpc) is 2.99. The molecule has 0 spiro atoms. The van der Waals surface area contributed by atoms with Gasteiger partial charge < -0.3 is 14.6 Å². The first-order valence-corrected chi connectivity index (χ1v) is 6.21. The van der Waals surface area contributed by atoms with Gasteiger partial charge in [-0.05, 0) is 12.8 Å². The summed E-state index contributed by atoms with van der Waals surface area (Å²) in [5.74, 6) is 1.27. The fourth-order valence-corrected chi connectivity index (χ4v) is 2.53. The number of hydrogen-bond acceptors (Lipinski definition) is 3. The second-order valence-corrected chi connectivity index (χ2v) is 4.80. The van der Waals surface area contributed by atoms with E-state index in [1.165, 1.54) is 0 Å². The fourth-order valence-electron chi connectivity index (χ4n) is 2.53. The Labute approximate surface area is 100 Å². The van der Waals surface area contributed by atoms with Crippen molar-refractivity contribution in [1.29, 1.82) is 0 Å². The van der Waals surface area contributed by atoms with Gasteiger partial charge in [-0.25, -0.2) is 4.98 Å². The Morgan fingerprint density at radius 2 is 2.47 bits per heavy atom. The van der Waals surface area contributed by atoms with Crippen LogP contribution in [0, 0.1) is 5.92 Å². The van der Waals surface area contributed by atoms with Crippen molar-refractivity contribution in [2.45, 2.75) is 31.8 Å². The standard InChI is InChI=1S/C12H17N3O2/c16-12(9-2-6-17-8-9)14-10-1-4-15-5-3-13-11(15)7-10/h3,5,9-10H,1-2,4,6-8H2,(H,14,16). The van der Waals surface area contributed by atoms with Crippen LogP contribution >= 0.6 is 0 Å². The van der Waals surface area contributed by atoms with Gasteiger partial charge in [-0.15, -0.1) is 0 Å². The minimum Gasteiger partial charge on any atom is -0.381 e. The maximum Gasteiger partial charge on any atom is 0.225 e. The van der Waals surface area contributed by atoms with Crippen molar-refractivity contribution in [3.63, 3.8) is 0 Å². The highest BCUT2D eigenvalue weighted by Crippen LogP contribution is 2.16. The number of imidazole rings is 1. The van der Waals surface area contributed by atoms with E-state index in [-0.39, 0.29) is 17.9 Å². The van der Waals surface area contributed by atoms with Crippen LogP contribution in [-0.4, -0.2) is 34.7 Å². The third-order valence-electron chi connectivity index (χ3n) is 3.60. The number of nitrogens with one attached hydrogen (secondary N) is 1. The van der Waals surface area contributed by atoms with Gasteiger partial charge in [0, 0.05) is 38.0 Å². The van der Waals surface area contributed by atoms with Crippen molar-refractivity contribution >= 4 is 5.91 Å². The van der Waals surface area contributed by atoms with E-state index in [0.717, 1.165) is 31.6 Å². The molecule has 3 rings (SSSR count). The number of carbonyl (C=O) groups excluding carboxylic acids is 1. The van der Waals surface area contributed by atoms with Crippen LogP contribution in [0.1, 0.15) is 18.7 Å². The molecule has 2 aliphatic heterocycles. The lowest BCUT2D eigenvalue weighted by molar-refractivity contribution is -0.125. The summed E-state index contributed by atoms with van der Waals surface area (Å²) in [5, 5.41) is 3.12. The number of rotatable bonds is 2. The molecule has 2 unspecified atom stereocenters. The molecule has 1 N–H and O–H groups in total. The maximum absolute atomic E-state index is 11.9. The highest BCUT2D eigenvalue weighted by molar-refractivity contribution is 5.79. The van der Waals surface area contributed by atoms with Crippen molar-refractivity contribution in [2.75, 3.05) is 13.2 Å². The first kappa shape index (κ1) is 10.8. The molecule has 0 aliphatic carbocycles. The second kappa shape index (κ2) is 4.49. The number of ether oxygens (including phenoxy) is 1. The van der Waals surface area contributed by atoms with Gasteiger partial charge in [0.1, 0.15) is 5.82 Å². The molecule has 0 bridgehead atoms. The predicted octanol–water partition coefficient (Wildman–Crippen LogP) is 0.351. The third-order valence-corrected chi connectivity index (χ3v) is 3.60. The Morgan fingerprint density at radius 3 is 3.29 bits per heavy atom. The highest BCUT2D eigenvalue weighted by atomic mass is 16.5. The van der Waals surface area contributed by atoms with E-state index in [2.05, 4.69) is 14.9 Å². The average molecular weight is 235 g/mol. The molecule has 1 aromatic heterocycles. The topological polar surface area (TPSA) is 56.2 Å². The van der Waals surface area contributed by atoms with Crippen LogP contribution in [0.15, 0.2) is 12.4 Å². The van der Waals surface area contributed by atoms with Gasteiger partial charge in [-0.3, -0.25) is 4.79 Å². The molecule has 1 amide bonds. The lowest BCUT2D eigenvalue weighted by Gasteiger charge is -2.25. The van der Waals surface area contributed by atoms with E-state index in [1.807, 2.05) is 12.4 Å². The minimum atomic E-state index is 0.0525. The molecule has 1 aromatic rings. The summed E-state index contributed by atoms with van der Waals surface area (Å²) in [4.78, 5) is 16.2. The second-order valence-electron chi connectivity index (χ2n) is 4.80. The number of hydrogen-bond donors (Lipinski definition) is 1. The summed E-state index contributed by atoms with van der Waals surface area (Å²) in [7, 11) is 0. The van der Waals surface area contributed by atoms with Crippen LogP contribution in [0.3, 0.4) is 0 Å². The van der Waals surface area contributed by atoms with Crippen molar-refractivity contribution in [3.8, 4) is 0 Å². The lowest BCUT2D eigenvalue weighted by Crippen LogP contribution is -2.43. The summed E-state index contributed by atoms with van der Waals surface area (Å²) in [5.41, 5.74) is 0. The normalized spacial score (nSPS) is 27.8. The van der Waals surface area contributed by atoms with Crippen LogP contribution < -0.4 is 5.32 Å². The number of nitrogens with zero attached hydrogens (tertiary/aromatic N) is 2. The lowest BCUT2D eigenvalue weighted by atomic mass is 10.0. The van der Waals surface area contributed by atoms with Crippen LogP contribution in [0.2, 0.25) is 0 Å². The SMILES string of the molecule is O=C(NC1CCn2ccnc2C1)C1CCOC1. The van der Waals surface area contributed by atoms with Crippen molar-refractivity contribution in [1.82, 2.24) is 14.9 Å². The van der Waals surface area contributed by atoms with Crippen LogP contribution in [0.4, 0.5) is 0 Å². The zero-order chi connectivity index (χ0) is 11.7. The molecule has 5 heteroatoms. The zero-order valence-electron chi connectivity index (χ0n) is 9.76. The molecule has 3 heterocycles. The van der Waals surface area contributed by atoms with Crippen molar-refractivity contribution < 1.29 is 9.53 Å². The smallest absolute Gasteiger partial charge is 0.225 e. The predicted molar refractivity (Wildman–Crippen MR) is 61.4 cm³/mol. The molecular formula is C12H17N3O2. The van der Waals surface area contributed by atoms with Gasteiger partial charge in [0.2, 0.25) is 5.91 Å². The number of aryl methyl sites for hydroxylation is 1. The molecule has 17 heavy (non-hydrogen) atoms. The van der Waals surface area contributed by atoms with Crippen LogP contribution in [0.5, 0.6) is 0 Å². The molecule has 0 radical (unpaired) electrons. The van der Waals surface area contributed by atoms with Gasteiger partial charge in [0.15, 0.2) is 0 Å². The summed E-state index contributed by atoms with van der Waals surface area (Å²) >= 11 is 0. The van der Waals surface area contributed by atoms with E-state index in [0.29, 0.717) is 13.2 Å². The third kappa shape index (κ3) is 2.20. The largest absolute Gasteiger partial charge is 0.381 e. The van der Waals surface area contributed by atoms with E-state index < -0.39 is 0 Å². The molecule has 2 aliphatic rings. The van der Waals surface area contributed by atoms with Gasteiger partial charge in [-0.1, -0.05) is 0 Å². The molecular weight excluding hydrogens is 218 g/mol. The molecule has 2 atom stereocenters. The quantitative estimate of drug-likeness (QED) is 0.804. The van der Waals surface area contributed by atoms with Crippen LogP contribution in [-0.2, 0) is 22.5 Å². The summed E-state index contributed by atoms with van der Waals surface area (Å²) in [6.07, 6.45) is 6.50. The molecule has 1 saturated heterocycles. The molecule has 0 saturated carbocycles. The first-order valence-electron chi connectivity index (χ1n) is 6.21. The van der Waals surface area contributed by atoms with E-state index in [4.69, 9.17) is 4.74 Å². The van der Waals surface area contributed by atoms with Gasteiger partial charge in [0.25, 0.3) is 0 Å². The van der Waals surface area contributed by atoms with Crippen LogP contribution in [0.25, 0.3) is 0 Å². The summed E-state index contributed by atoms with van der Waals surface area (Å²) in [6, 6.07) is 0.234. The number of fused-ring (bicyclic) bond motifs is 1. The number of amides is 1. The van der Waals surface area contributed by atoms with Crippen molar-refractivity contribution in [2.24, 2.45) is 5.92 Å². The Hall–Kier alpha value is -1.36. The monoisotopic (exact) mass is 235 g/mol. The number of aromatic nitrogens is 2. The summed E-state index contributed by atoms with van der Waals surface area (Å²) in [6.45, 7) is 2.24. The van der Waals surface area contributed by atoms with Gasteiger partial charge >= 0.3 is 0 Å². The van der Waals surface area contributed by atoms with E-state index in [1.54, 1.807) is 0 Å². The maximum atomic E-state index is 11.9. The Balaban J connectivity index is 1.58. The van der Waals surface area contributed by atoms with Gasteiger partial charge in [0.05, 0.1) is 12.5 Å². The molecule has 0 aromatic carbocycles. The Bertz CT molecular complexity index is 410. The first-order chi connectivity index (χ1) is 8.33. The van der Waals surface area contributed by atoms with E-state index in [9.17, 15) is 4.79 Å². The molecule has 92 valence electrons. The Kier molecular flexibility index (Phi) is 2.84. The fraction of sp³-hybridized carbons (Fsp3) is 0.667. The highest BCUT2D eigenvalue weighted by Gasteiger charge is 2.27. The van der Waals surface area contributed by atoms with E-state index >= 15 is 0 Å². The molecule has 1 fully saturated rings. The summed E-state index contributed by atoms with van der Waals surface area (Å²) < 4.78 is 7.39. The van der Waals surface area contributed by atoms with Crippen molar-refractivity contribution in [3.05, 3.63) is 18.2 Å². The van der Waals surface area contributed by atoms with Gasteiger partial charge in [-0.2, -0.15) is 0 Å².